The maximum atomic E-state index is 12.3. The molecule has 7 nitrogen and oxygen atoms in total. The van der Waals surface area contributed by atoms with Crippen molar-refractivity contribution in [1.82, 2.24) is 14.3 Å². The van der Waals surface area contributed by atoms with Crippen LogP contribution in [-0.4, -0.2) is 25.8 Å². The van der Waals surface area contributed by atoms with Crippen LogP contribution >= 0.6 is 0 Å². The Morgan fingerprint density at radius 3 is 2.81 bits per heavy atom. The van der Waals surface area contributed by atoms with Crippen molar-refractivity contribution in [3.05, 3.63) is 46.0 Å². The van der Waals surface area contributed by atoms with Gasteiger partial charge in [0.2, 0.25) is 0 Å². The number of allylic oxidation sites excluding steroid dienone is 2. The van der Waals surface area contributed by atoms with Gasteiger partial charge >= 0.3 is 0 Å². The number of carbonyl (C=O) groups is 1. The van der Waals surface area contributed by atoms with Crippen LogP contribution in [0.4, 0.5) is 11.5 Å². The van der Waals surface area contributed by atoms with E-state index < -0.39 is 0 Å². The zero-order chi connectivity index (χ0) is 14.6. The fraction of sp³-hybridized carbons (Fsp3) is 0.214. The molecule has 0 saturated carbocycles. The van der Waals surface area contributed by atoms with Gasteiger partial charge in [-0.05, 0) is 24.6 Å². The minimum absolute atomic E-state index is 0.0748. The number of aromatic nitrogens is 3. The van der Waals surface area contributed by atoms with E-state index in [1.54, 1.807) is 27.7 Å². The summed E-state index contributed by atoms with van der Waals surface area (Å²) in [4.78, 5) is 31.4. The van der Waals surface area contributed by atoms with Gasteiger partial charge in [-0.2, -0.15) is 0 Å². The first-order chi connectivity index (χ1) is 10.2. The topological polar surface area (TPSA) is 98.2 Å². The van der Waals surface area contributed by atoms with E-state index in [-0.39, 0.29) is 17.0 Å². The number of hydrogen-bond donors (Lipinski definition) is 2. The molecule has 7 heteroatoms. The summed E-state index contributed by atoms with van der Waals surface area (Å²) in [7, 11) is 0. The summed E-state index contributed by atoms with van der Waals surface area (Å²) in [6.45, 7) is 1.39. The predicted molar refractivity (Wildman–Crippen MR) is 78.2 cm³/mol. The molecule has 0 saturated heterocycles. The molecule has 0 fully saturated rings. The Bertz CT molecular complexity index is 878. The molecule has 3 heterocycles. The maximum absolute atomic E-state index is 12.3. The molecule has 1 aliphatic carbocycles. The molecule has 106 valence electrons. The van der Waals surface area contributed by atoms with Gasteiger partial charge in [-0.1, -0.05) is 0 Å². The first-order valence-electron chi connectivity index (χ1n) is 6.75. The van der Waals surface area contributed by atoms with Gasteiger partial charge < -0.3 is 10.7 Å². The van der Waals surface area contributed by atoms with Crippen molar-refractivity contribution in [2.24, 2.45) is 4.99 Å². The molecule has 2 aromatic rings. The van der Waals surface area contributed by atoms with Gasteiger partial charge in [-0.3, -0.25) is 14.3 Å². The number of anilines is 1. The number of carbonyl (C=O) groups excluding carboxylic acids is 1. The van der Waals surface area contributed by atoms with Gasteiger partial charge in [-0.25, -0.2) is 9.67 Å². The number of H-pyrrole nitrogens is 1. The van der Waals surface area contributed by atoms with Crippen LogP contribution in [0.25, 0.3) is 0 Å². The number of hydrogen-bond acceptors (Lipinski definition) is 4. The Labute approximate surface area is 119 Å². The van der Waals surface area contributed by atoms with Gasteiger partial charge in [0.25, 0.3) is 5.56 Å². The summed E-state index contributed by atoms with van der Waals surface area (Å²) in [6.07, 6.45) is 5.65. The third-order valence-electron chi connectivity index (χ3n) is 3.88. The maximum Gasteiger partial charge on any atom is 0.294 e. The first kappa shape index (κ1) is 12.0. The second kappa shape index (κ2) is 4.08. The van der Waals surface area contributed by atoms with E-state index in [2.05, 4.69) is 9.98 Å². The Morgan fingerprint density at radius 1 is 1.19 bits per heavy atom. The van der Waals surface area contributed by atoms with Gasteiger partial charge in [0.05, 0.1) is 11.4 Å². The van der Waals surface area contributed by atoms with Crippen LogP contribution in [0.2, 0.25) is 0 Å². The number of aromatic amines is 1. The van der Waals surface area contributed by atoms with E-state index in [4.69, 9.17) is 5.73 Å². The predicted octanol–water partition coefficient (Wildman–Crippen LogP) is 0.837. The highest BCUT2D eigenvalue weighted by Crippen LogP contribution is 2.24. The number of ketones is 1. The second-order valence-electron chi connectivity index (χ2n) is 5.10. The average Bonchev–Trinajstić information content (AvgIpc) is 3.17. The van der Waals surface area contributed by atoms with Gasteiger partial charge in [0.15, 0.2) is 17.3 Å². The van der Waals surface area contributed by atoms with E-state index in [0.717, 1.165) is 13.0 Å². The Balaban J connectivity index is 1.89. The van der Waals surface area contributed by atoms with Crippen molar-refractivity contribution >= 4 is 23.0 Å². The molecule has 4 rings (SSSR count). The summed E-state index contributed by atoms with van der Waals surface area (Å²) in [5.74, 6) is 0.303. The Hall–Kier alpha value is -2.83. The van der Waals surface area contributed by atoms with E-state index in [9.17, 15) is 9.59 Å². The molecule has 0 atom stereocenters. The molecule has 0 amide bonds. The van der Waals surface area contributed by atoms with E-state index in [1.807, 2.05) is 0 Å². The highest BCUT2D eigenvalue weighted by Gasteiger charge is 2.23. The lowest BCUT2D eigenvalue weighted by atomic mass is 10.0. The number of nitrogen functional groups attached to an aromatic ring is 1. The van der Waals surface area contributed by atoms with Crippen molar-refractivity contribution in [3.63, 3.8) is 0 Å². The SMILES string of the molecule is Nc1c(/N=C2/C=CC(=O)c3cc[nH]c32)c(=O)n2n1CCC2. The van der Waals surface area contributed by atoms with Crippen molar-refractivity contribution < 1.29 is 4.79 Å². The number of nitrogens with zero attached hydrogens (tertiary/aromatic N) is 3. The monoisotopic (exact) mass is 283 g/mol. The minimum Gasteiger partial charge on any atom is -0.382 e. The lowest BCUT2D eigenvalue weighted by molar-refractivity contribution is 0.104. The van der Waals surface area contributed by atoms with Gasteiger partial charge in [0.1, 0.15) is 0 Å². The lowest BCUT2D eigenvalue weighted by Gasteiger charge is -2.07. The van der Waals surface area contributed by atoms with Gasteiger partial charge in [-0.15, -0.1) is 0 Å². The van der Waals surface area contributed by atoms with Crippen LogP contribution in [-0.2, 0) is 13.1 Å². The summed E-state index contributed by atoms with van der Waals surface area (Å²) >= 11 is 0. The molecule has 21 heavy (non-hydrogen) atoms. The smallest absolute Gasteiger partial charge is 0.294 e. The number of nitrogens with two attached hydrogens (primary N) is 1. The van der Waals surface area contributed by atoms with E-state index in [1.165, 1.54) is 6.08 Å². The van der Waals surface area contributed by atoms with Crippen molar-refractivity contribution in [2.45, 2.75) is 19.5 Å². The zero-order valence-electron chi connectivity index (χ0n) is 11.2. The normalized spacial score (nSPS) is 18.3. The highest BCUT2D eigenvalue weighted by molar-refractivity contribution is 6.23. The fourth-order valence-corrected chi connectivity index (χ4v) is 2.86. The highest BCUT2D eigenvalue weighted by atomic mass is 16.1. The van der Waals surface area contributed by atoms with Crippen LogP contribution < -0.4 is 11.3 Å². The quantitative estimate of drug-likeness (QED) is 0.811. The Morgan fingerprint density at radius 2 is 2.00 bits per heavy atom. The molecule has 2 aliphatic rings. The number of fused-ring (bicyclic) bond motifs is 2. The first-order valence-corrected chi connectivity index (χ1v) is 6.75. The fourth-order valence-electron chi connectivity index (χ4n) is 2.86. The lowest BCUT2D eigenvalue weighted by Crippen LogP contribution is -2.17. The molecular weight excluding hydrogens is 270 g/mol. The van der Waals surface area contributed by atoms with Crippen LogP contribution in [0.3, 0.4) is 0 Å². The zero-order valence-corrected chi connectivity index (χ0v) is 11.2. The van der Waals surface area contributed by atoms with E-state index in [0.29, 0.717) is 29.3 Å². The molecule has 3 N–H and O–H groups in total. The van der Waals surface area contributed by atoms with Crippen LogP contribution in [0.5, 0.6) is 0 Å². The van der Waals surface area contributed by atoms with Crippen molar-refractivity contribution in [1.29, 1.82) is 0 Å². The minimum atomic E-state index is -0.184. The van der Waals surface area contributed by atoms with Crippen LogP contribution in [0.1, 0.15) is 22.5 Å². The summed E-state index contributed by atoms with van der Waals surface area (Å²) < 4.78 is 3.37. The van der Waals surface area contributed by atoms with Crippen molar-refractivity contribution in [2.75, 3.05) is 5.73 Å². The van der Waals surface area contributed by atoms with Crippen molar-refractivity contribution in [3.8, 4) is 0 Å². The number of rotatable bonds is 1. The van der Waals surface area contributed by atoms with E-state index >= 15 is 0 Å². The molecule has 0 aromatic carbocycles. The Kier molecular flexibility index (Phi) is 2.32. The molecule has 2 aromatic heterocycles. The standard InChI is InChI=1S/C14H13N5O2/c15-13-12(14(21)19-7-1-6-18(13)19)17-9-2-3-10(20)8-4-5-16-11(8)9/h2-5,16H,1,6-7,15H2/b17-9-. The van der Waals surface area contributed by atoms with Crippen LogP contribution in [0.15, 0.2) is 34.2 Å². The molecule has 0 radical (unpaired) electrons. The largest absolute Gasteiger partial charge is 0.382 e. The molecular formula is C14H13N5O2. The third kappa shape index (κ3) is 1.57. The summed E-state index contributed by atoms with van der Waals surface area (Å²) in [5.41, 5.74) is 7.81. The summed E-state index contributed by atoms with van der Waals surface area (Å²) in [5, 5.41) is 0. The van der Waals surface area contributed by atoms with Gasteiger partial charge in [0, 0.05) is 24.8 Å². The van der Waals surface area contributed by atoms with Crippen LogP contribution in [0, 0.1) is 0 Å². The number of aliphatic imine (C=N–C) groups is 1. The third-order valence-corrected chi connectivity index (χ3v) is 3.88. The average molecular weight is 283 g/mol. The number of nitrogens with one attached hydrogen (secondary N) is 1. The molecule has 1 aliphatic heterocycles. The molecule has 0 spiro atoms. The second-order valence-corrected chi connectivity index (χ2v) is 5.10. The summed E-state index contributed by atoms with van der Waals surface area (Å²) in [6, 6.07) is 1.70. The molecule has 0 bridgehead atoms. The molecule has 0 unspecified atom stereocenters.